The molecule has 1 heterocycles. The van der Waals surface area contributed by atoms with Crippen molar-refractivity contribution in [1.29, 1.82) is 0 Å². The van der Waals surface area contributed by atoms with Crippen molar-refractivity contribution in [2.24, 2.45) is 5.92 Å². The minimum absolute atomic E-state index is 0.369. The third-order valence-electron chi connectivity index (χ3n) is 1.57. The van der Waals surface area contributed by atoms with Crippen LogP contribution in [0.1, 0.15) is 6.42 Å². The molecule has 66 valence electrons. The number of rotatable bonds is 2. The number of carboxylic acids is 2. The molecule has 1 fully saturated rings. The second-order valence-electron chi connectivity index (χ2n) is 2.40. The van der Waals surface area contributed by atoms with E-state index in [1.165, 1.54) is 0 Å². The van der Waals surface area contributed by atoms with Gasteiger partial charge in [0.2, 0.25) is 6.10 Å². The van der Waals surface area contributed by atoms with Crippen molar-refractivity contribution < 1.29 is 29.3 Å². The van der Waals surface area contributed by atoms with Crippen LogP contribution in [0, 0.1) is 5.92 Å². The zero-order valence-electron chi connectivity index (χ0n) is 5.89. The molecule has 1 aliphatic heterocycles. The van der Waals surface area contributed by atoms with E-state index in [2.05, 4.69) is 4.74 Å². The van der Waals surface area contributed by atoms with Crippen LogP contribution >= 0.6 is 0 Å². The molecule has 12 heavy (non-hydrogen) atoms. The van der Waals surface area contributed by atoms with Gasteiger partial charge in [0.05, 0.1) is 6.42 Å². The fourth-order valence-corrected chi connectivity index (χ4v) is 0.998. The van der Waals surface area contributed by atoms with Crippen LogP contribution in [0.2, 0.25) is 0 Å². The molecule has 1 unspecified atom stereocenters. The van der Waals surface area contributed by atoms with Crippen molar-refractivity contribution in [3.63, 3.8) is 0 Å². The van der Waals surface area contributed by atoms with Gasteiger partial charge in [0.1, 0.15) is 5.92 Å². The van der Waals surface area contributed by atoms with Crippen molar-refractivity contribution in [1.82, 2.24) is 0 Å². The Balaban J connectivity index is 2.79. The van der Waals surface area contributed by atoms with Crippen molar-refractivity contribution in [3.8, 4) is 0 Å². The van der Waals surface area contributed by atoms with Gasteiger partial charge in [-0.05, 0) is 0 Å². The lowest BCUT2D eigenvalue weighted by atomic mass is 10.0. The first-order valence-electron chi connectivity index (χ1n) is 3.17. The summed E-state index contributed by atoms with van der Waals surface area (Å²) in [6.07, 6.45) is -1.90. The van der Waals surface area contributed by atoms with Crippen LogP contribution in [0.25, 0.3) is 0 Å². The van der Waals surface area contributed by atoms with Crippen LogP contribution in [0.3, 0.4) is 0 Å². The van der Waals surface area contributed by atoms with E-state index in [1.807, 2.05) is 0 Å². The van der Waals surface area contributed by atoms with Gasteiger partial charge in [-0.1, -0.05) is 0 Å². The molecule has 0 aromatic carbocycles. The molecular weight excluding hydrogens is 168 g/mol. The maximum Gasteiger partial charge on any atom is 0.345 e. The first-order valence-corrected chi connectivity index (χ1v) is 3.17. The Morgan fingerprint density at radius 3 is 2.25 bits per heavy atom. The van der Waals surface area contributed by atoms with E-state index in [9.17, 15) is 14.4 Å². The topological polar surface area (TPSA) is 101 Å². The molecule has 2 N–H and O–H groups in total. The van der Waals surface area contributed by atoms with Crippen molar-refractivity contribution in [2.75, 3.05) is 0 Å². The summed E-state index contributed by atoms with van der Waals surface area (Å²) in [4.78, 5) is 31.2. The average Bonchev–Trinajstić information content (AvgIpc) is 2.31. The molecular formula is C6H6O6. The van der Waals surface area contributed by atoms with E-state index in [0.29, 0.717) is 0 Å². The predicted octanol–water partition coefficient (Wildman–Crippen LogP) is -0.913. The number of hydrogen-bond acceptors (Lipinski definition) is 4. The van der Waals surface area contributed by atoms with Gasteiger partial charge in [0.25, 0.3) is 0 Å². The number of esters is 1. The molecule has 0 spiro atoms. The average molecular weight is 174 g/mol. The number of carboxylic acid groups (broad SMARTS) is 2. The molecule has 0 amide bonds. The van der Waals surface area contributed by atoms with Crippen molar-refractivity contribution in [2.45, 2.75) is 12.5 Å². The molecule has 1 aliphatic rings. The Labute approximate surface area is 66.7 Å². The number of carbonyl (C=O) groups is 3. The van der Waals surface area contributed by atoms with Gasteiger partial charge in [-0.2, -0.15) is 0 Å². The molecule has 0 aromatic rings. The Bertz CT molecular complexity index is 220. The molecule has 6 heteroatoms. The number of hydrogen-bond donors (Lipinski definition) is 2. The van der Waals surface area contributed by atoms with Gasteiger partial charge >= 0.3 is 17.9 Å². The van der Waals surface area contributed by atoms with E-state index < -0.39 is 29.9 Å². The summed E-state index contributed by atoms with van der Waals surface area (Å²) >= 11 is 0. The third-order valence-corrected chi connectivity index (χ3v) is 1.57. The second kappa shape index (κ2) is 2.80. The second-order valence-corrected chi connectivity index (χ2v) is 2.40. The van der Waals surface area contributed by atoms with Gasteiger partial charge in [-0.15, -0.1) is 0 Å². The van der Waals surface area contributed by atoms with E-state index in [4.69, 9.17) is 10.2 Å². The molecule has 1 rings (SSSR count). The van der Waals surface area contributed by atoms with Gasteiger partial charge in [0, 0.05) is 0 Å². The summed E-state index contributed by atoms with van der Waals surface area (Å²) in [5.41, 5.74) is 0. The fraction of sp³-hybridized carbons (Fsp3) is 0.500. The molecule has 0 saturated carbocycles. The maximum absolute atomic E-state index is 10.5. The Kier molecular flexibility index (Phi) is 1.99. The van der Waals surface area contributed by atoms with Gasteiger partial charge in [0.15, 0.2) is 0 Å². The van der Waals surface area contributed by atoms with E-state index in [1.54, 1.807) is 0 Å². The monoisotopic (exact) mass is 174 g/mol. The Morgan fingerprint density at radius 1 is 1.33 bits per heavy atom. The van der Waals surface area contributed by atoms with E-state index >= 15 is 0 Å². The smallest absolute Gasteiger partial charge is 0.345 e. The Morgan fingerprint density at radius 2 is 1.92 bits per heavy atom. The normalized spacial score (nSPS) is 28.2. The number of ether oxygens (including phenoxy) is 1. The van der Waals surface area contributed by atoms with Crippen LogP contribution in [-0.2, 0) is 19.1 Å². The quantitative estimate of drug-likeness (QED) is 0.525. The van der Waals surface area contributed by atoms with Crippen molar-refractivity contribution in [3.05, 3.63) is 0 Å². The lowest BCUT2D eigenvalue weighted by Gasteiger charge is -2.07. The first kappa shape index (κ1) is 8.51. The third kappa shape index (κ3) is 1.36. The molecule has 0 radical (unpaired) electrons. The standard InChI is InChI=1S/C6H6O6/c7-3-1-2(5(8)9)4(12-3)6(10)11/h2,4H,1H2,(H,8,9)(H,10,11)/t2?,4-/m1/s1. The number of aliphatic carboxylic acids is 2. The van der Waals surface area contributed by atoms with Crippen LogP contribution in [-0.4, -0.2) is 34.2 Å². The van der Waals surface area contributed by atoms with E-state index in [-0.39, 0.29) is 6.42 Å². The number of carbonyl (C=O) groups excluding carboxylic acids is 1. The summed E-state index contributed by atoms with van der Waals surface area (Å²) in [5, 5.41) is 16.9. The summed E-state index contributed by atoms with van der Waals surface area (Å²) in [7, 11) is 0. The Hall–Kier alpha value is -1.59. The van der Waals surface area contributed by atoms with Gasteiger partial charge < -0.3 is 14.9 Å². The van der Waals surface area contributed by atoms with Gasteiger partial charge in [-0.25, -0.2) is 4.79 Å². The predicted molar refractivity (Wildman–Crippen MR) is 33.3 cm³/mol. The molecule has 0 bridgehead atoms. The fourth-order valence-electron chi connectivity index (χ4n) is 0.998. The summed E-state index contributed by atoms with van der Waals surface area (Å²) in [5.74, 6) is -4.79. The largest absolute Gasteiger partial charge is 0.481 e. The minimum Gasteiger partial charge on any atom is -0.481 e. The zero-order chi connectivity index (χ0) is 9.30. The number of cyclic esters (lactones) is 1. The van der Waals surface area contributed by atoms with Crippen LogP contribution < -0.4 is 0 Å². The summed E-state index contributed by atoms with van der Waals surface area (Å²) in [6.45, 7) is 0. The maximum atomic E-state index is 10.5. The molecule has 1 saturated heterocycles. The van der Waals surface area contributed by atoms with Crippen LogP contribution in [0.5, 0.6) is 0 Å². The molecule has 0 aliphatic carbocycles. The highest BCUT2D eigenvalue weighted by Gasteiger charge is 2.44. The highest BCUT2D eigenvalue weighted by Crippen LogP contribution is 2.22. The summed E-state index contributed by atoms with van der Waals surface area (Å²) < 4.78 is 4.28. The lowest BCUT2D eigenvalue weighted by Crippen LogP contribution is -2.31. The van der Waals surface area contributed by atoms with Crippen LogP contribution in [0.4, 0.5) is 0 Å². The molecule has 2 atom stereocenters. The highest BCUT2D eigenvalue weighted by molar-refractivity contribution is 5.90. The zero-order valence-corrected chi connectivity index (χ0v) is 5.89. The molecule has 0 aromatic heterocycles. The van der Waals surface area contributed by atoms with Crippen LogP contribution in [0.15, 0.2) is 0 Å². The SMILES string of the molecule is O=C1CC(C(=O)O)[C@H](C(=O)O)O1. The molecule has 6 nitrogen and oxygen atoms in total. The lowest BCUT2D eigenvalue weighted by molar-refractivity contribution is -0.161. The van der Waals surface area contributed by atoms with Crippen molar-refractivity contribution >= 4 is 17.9 Å². The highest BCUT2D eigenvalue weighted by atomic mass is 16.6. The van der Waals surface area contributed by atoms with E-state index in [0.717, 1.165) is 0 Å². The summed E-state index contributed by atoms with van der Waals surface area (Å²) in [6, 6.07) is 0. The minimum atomic E-state index is -1.53. The first-order chi connectivity index (χ1) is 5.52. The van der Waals surface area contributed by atoms with Gasteiger partial charge in [-0.3, -0.25) is 9.59 Å².